The first-order chi connectivity index (χ1) is 10.6. The summed E-state index contributed by atoms with van der Waals surface area (Å²) >= 11 is 0. The van der Waals surface area contributed by atoms with Gasteiger partial charge >= 0.3 is 11.7 Å². The van der Waals surface area contributed by atoms with Crippen LogP contribution in [0.15, 0.2) is 42.5 Å². The summed E-state index contributed by atoms with van der Waals surface area (Å²) in [4.78, 5) is 32.8. The third kappa shape index (κ3) is 3.09. The summed E-state index contributed by atoms with van der Waals surface area (Å²) in [6.07, 6.45) is 0.587. The van der Waals surface area contributed by atoms with Crippen molar-refractivity contribution in [1.29, 1.82) is 0 Å². The van der Waals surface area contributed by atoms with Gasteiger partial charge in [0.15, 0.2) is 6.29 Å². The van der Waals surface area contributed by atoms with Crippen molar-refractivity contribution < 1.29 is 24.0 Å². The Morgan fingerprint density at radius 3 is 2.55 bits per heavy atom. The van der Waals surface area contributed by atoms with E-state index < -0.39 is 16.6 Å². The van der Waals surface area contributed by atoms with Crippen molar-refractivity contribution in [2.75, 3.05) is 7.11 Å². The van der Waals surface area contributed by atoms with Crippen LogP contribution in [0.4, 0.5) is 5.69 Å². The van der Waals surface area contributed by atoms with E-state index in [1.54, 1.807) is 12.1 Å². The number of nitro groups is 1. The summed E-state index contributed by atoms with van der Waals surface area (Å²) in [5.41, 5.74) is -0.109. The molecule has 2 rings (SSSR count). The fraction of sp³-hybridized carbons (Fsp3) is 0.0667. The summed E-state index contributed by atoms with van der Waals surface area (Å²) in [5.74, 6) is -0.582. The zero-order valence-corrected chi connectivity index (χ0v) is 11.5. The maximum Gasteiger partial charge on any atom is 0.338 e. The van der Waals surface area contributed by atoms with E-state index in [1.165, 1.54) is 31.4 Å². The predicted molar refractivity (Wildman–Crippen MR) is 76.3 cm³/mol. The number of benzene rings is 2. The highest BCUT2D eigenvalue weighted by Gasteiger charge is 2.20. The van der Waals surface area contributed by atoms with Gasteiger partial charge in [-0.25, -0.2) is 4.79 Å². The Morgan fingerprint density at radius 2 is 1.91 bits per heavy atom. The molecule has 2 aromatic rings. The van der Waals surface area contributed by atoms with E-state index >= 15 is 0 Å². The molecule has 22 heavy (non-hydrogen) atoms. The van der Waals surface area contributed by atoms with Crippen LogP contribution in [0.3, 0.4) is 0 Å². The lowest BCUT2D eigenvalue weighted by atomic mass is 10.2. The van der Waals surface area contributed by atoms with Gasteiger partial charge in [0.25, 0.3) is 0 Å². The molecule has 0 N–H and O–H groups in total. The molecule has 0 bridgehead atoms. The Balaban J connectivity index is 2.44. The van der Waals surface area contributed by atoms with Gasteiger partial charge in [-0.15, -0.1) is 0 Å². The molecular weight excluding hydrogens is 290 g/mol. The molecule has 0 saturated carbocycles. The van der Waals surface area contributed by atoms with Gasteiger partial charge in [-0.05, 0) is 24.3 Å². The first kappa shape index (κ1) is 15.2. The molecule has 0 radical (unpaired) electrons. The van der Waals surface area contributed by atoms with Gasteiger partial charge in [0.1, 0.15) is 5.75 Å². The third-order valence-corrected chi connectivity index (χ3v) is 2.84. The molecule has 7 heteroatoms. The van der Waals surface area contributed by atoms with E-state index in [2.05, 4.69) is 4.74 Å². The van der Waals surface area contributed by atoms with Crippen LogP contribution in [0.2, 0.25) is 0 Å². The van der Waals surface area contributed by atoms with Gasteiger partial charge < -0.3 is 9.47 Å². The predicted octanol–water partition coefficient (Wildman–Crippen LogP) is 2.99. The molecule has 2 aromatic carbocycles. The molecule has 112 valence electrons. The quantitative estimate of drug-likeness (QED) is 0.364. The highest BCUT2D eigenvalue weighted by Crippen LogP contribution is 2.33. The maximum atomic E-state index is 11.4. The van der Waals surface area contributed by atoms with E-state index in [4.69, 9.17) is 4.74 Å². The Morgan fingerprint density at radius 1 is 1.18 bits per heavy atom. The van der Waals surface area contributed by atoms with Crippen LogP contribution in [-0.4, -0.2) is 24.3 Å². The Bertz CT molecular complexity index is 741. The van der Waals surface area contributed by atoms with E-state index in [1.807, 2.05) is 0 Å². The third-order valence-electron chi connectivity index (χ3n) is 2.84. The molecule has 0 fully saturated rings. The highest BCUT2D eigenvalue weighted by molar-refractivity contribution is 5.90. The standard InChI is InChI=1S/C15H11NO6/c1-21-15(18)10-6-7-14(12(8-10)16(19)20)22-13-5-3-2-4-11(13)9-17/h2-9H,1H3. The minimum Gasteiger partial charge on any atom is -0.465 e. The Hall–Kier alpha value is -3.22. The molecule has 0 aliphatic rings. The van der Waals surface area contributed by atoms with Crippen LogP contribution in [0, 0.1) is 10.1 Å². The Labute approximate surface area is 125 Å². The van der Waals surface area contributed by atoms with Crippen LogP contribution in [0.25, 0.3) is 0 Å². The summed E-state index contributed by atoms with van der Waals surface area (Å²) in [7, 11) is 1.18. The Kier molecular flexibility index (Phi) is 4.47. The minimum atomic E-state index is -0.692. The van der Waals surface area contributed by atoms with Crippen molar-refractivity contribution in [3.8, 4) is 11.5 Å². The molecule has 7 nitrogen and oxygen atoms in total. The molecule has 0 heterocycles. The topological polar surface area (TPSA) is 95.7 Å². The minimum absolute atomic E-state index is 0.0326. The largest absolute Gasteiger partial charge is 0.465 e. The molecule has 0 saturated heterocycles. The molecule has 0 aromatic heterocycles. The van der Waals surface area contributed by atoms with Crippen molar-refractivity contribution in [1.82, 2.24) is 0 Å². The number of methoxy groups -OCH3 is 1. The number of carbonyl (C=O) groups is 2. The highest BCUT2D eigenvalue weighted by atomic mass is 16.6. The van der Waals surface area contributed by atoms with Gasteiger partial charge in [-0.1, -0.05) is 12.1 Å². The number of ether oxygens (including phenoxy) is 2. The number of esters is 1. The van der Waals surface area contributed by atoms with E-state index in [-0.39, 0.29) is 22.6 Å². The van der Waals surface area contributed by atoms with Crippen molar-refractivity contribution in [3.05, 3.63) is 63.7 Å². The second kappa shape index (κ2) is 6.49. The monoisotopic (exact) mass is 301 g/mol. The smallest absolute Gasteiger partial charge is 0.338 e. The fourth-order valence-electron chi connectivity index (χ4n) is 1.78. The van der Waals surface area contributed by atoms with Gasteiger partial charge in [0.05, 0.1) is 23.2 Å². The van der Waals surface area contributed by atoms with Crippen molar-refractivity contribution in [3.63, 3.8) is 0 Å². The number of nitro benzene ring substituents is 1. The molecule has 0 aliphatic carbocycles. The zero-order valence-electron chi connectivity index (χ0n) is 11.5. The van der Waals surface area contributed by atoms with Crippen LogP contribution >= 0.6 is 0 Å². The number of aldehydes is 1. The number of rotatable bonds is 5. The normalized spacial score (nSPS) is 9.86. The van der Waals surface area contributed by atoms with Crippen LogP contribution in [0.1, 0.15) is 20.7 Å². The fourth-order valence-corrected chi connectivity index (χ4v) is 1.78. The SMILES string of the molecule is COC(=O)c1ccc(Oc2ccccc2C=O)c([N+](=O)[O-])c1. The van der Waals surface area contributed by atoms with E-state index in [0.717, 1.165) is 6.07 Å². The van der Waals surface area contributed by atoms with Crippen LogP contribution in [-0.2, 0) is 4.74 Å². The average molecular weight is 301 g/mol. The van der Waals surface area contributed by atoms with Crippen LogP contribution in [0.5, 0.6) is 11.5 Å². The number of para-hydroxylation sites is 1. The second-order valence-corrected chi connectivity index (χ2v) is 4.19. The number of nitrogens with zero attached hydrogens (tertiary/aromatic N) is 1. The zero-order chi connectivity index (χ0) is 16.1. The molecule has 0 aliphatic heterocycles. The van der Waals surface area contributed by atoms with Crippen molar-refractivity contribution in [2.45, 2.75) is 0 Å². The molecule has 0 unspecified atom stereocenters. The summed E-state index contributed by atoms with van der Waals surface area (Å²) < 4.78 is 9.95. The summed E-state index contributed by atoms with van der Waals surface area (Å²) in [6, 6.07) is 10.0. The average Bonchev–Trinajstić information content (AvgIpc) is 2.54. The lowest BCUT2D eigenvalue weighted by molar-refractivity contribution is -0.385. The summed E-state index contributed by atoms with van der Waals surface area (Å²) in [5, 5.41) is 11.1. The molecule has 0 atom stereocenters. The van der Waals surface area contributed by atoms with Crippen molar-refractivity contribution in [2.24, 2.45) is 0 Å². The molecule has 0 spiro atoms. The number of hydrogen-bond donors (Lipinski definition) is 0. The van der Waals surface area contributed by atoms with E-state index in [0.29, 0.717) is 6.29 Å². The molecule has 0 amide bonds. The second-order valence-electron chi connectivity index (χ2n) is 4.19. The van der Waals surface area contributed by atoms with Gasteiger partial charge in [-0.2, -0.15) is 0 Å². The lowest BCUT2D eigenvalue weighted by Crippen LogP contribution is -2.03. The lowest BCUT2D eigenvalue weighted by Gasteiger charge is -2.09. The number of hydrogen-bond acceptors (Lipinski definition) is 6. The van der Waals surface area contributed by atoms with Gasteiger partial charge in [0, 0.05) is 6.07 Å². The first-order valence-electron chi connectivity index (χ1n) is 6.15. The number of carbonyl (C=O) groups excluding carboxylic acids is 2. The van der Waals surface area contributed by atoms with Gasteiger partial charge in [0.2, 0.25) is 5.75 Å². The summed E-state index contributed by atoms with van der Waals surface area (Å²) in [6.45, 7) is 0. The van der Waals surface area contributed by atoms with Crippen LogP contribution < -0.4 is 4.74 Å². The van der Waals surface area contributed by atoms with Gasteiger partial charge in [-0.3, -0.25) is 14.9 Å². The molecular formula is C15H11NO6. The first-order valence-corrected chi connectivity index (χ1v) is 6.15. The maximum absolute atomic E-state index is 11.4. The van der Waals surface area contributed by atoms with E-state index in [9.17, 15) is 19.7 Å². The van der Waals surface area contributed by atoms with Crippen molar-refractivity contribution >= 4 is 17.9 Å².